The van der Waals surface area contributed by atoms with E-state index in [1.165, 1.54) is 23.8 Å². The third-order valence-corrected chi connectivity index (χ3v) is 4.49. The molecule has 0 aromatic heterocycles. The predicted molar refractivity (Wildman–Crippen MR) is 68.4 cm³/mol. The third kappa shape index (κ3) is 3.13. The molecular formula is C12H22N2S. The monoisotopic (exact) mass is 226 g/mol. The highest BCUT2D eigenvalue weighted by Gasteiger charge is 2.32. The zero-order valence-corrected chi connectivity index (χ0v) is 10.8. The van der Waals surface area contributed by atoms with Crippen molar-refractivity contribution in [2.24, 2.45) is 22.7 Å². The number of aliphatic imine (C=N–C) groups is 1. The summed E-state index contributed by atoms with van der Waals surface area (Å²) in [6.45, 7) is 7.94. The van der Waals surface area contributed by atoms with Gasteiger partial charge in [0.1, 0.15) is 0 Å². The van der Waals surface area contributed by atoms with Crippen LogP contribution in [0.5, 0.6) is 0 Å². The number of rotatable bonds is 3. The van der Waals surface area contributed by atoms with E-state index in [-0.39, 0.29) is 0 Å². The highest BCUT2D eigenvalue weighted by Crippen LogP contribution is 2.37. The lowest BCUT2D eigenvalue weighted by Crippen LogP contribution is -2.41. The molecule has 1 saturated heterocycles. The van der Waals surface area contributed by atoms with E-state index in [4.69, 9.17) is 4.99 Å². The minimum absolute atomic E-state index is 0.640. The molecule has 3 unspecified atom stereocenters. The maximum Gasteiger partial charge on any atom is 0.156 e. The van der Waals surface area contributed by atoms with Crippen LogP contribution in [-0.4, -0.2) is 23.5 Å². The normalized spacial score (nSPS) is 38.1. The van der Waals surface area contributed by atoms with Crippen LogP contribution in [0.15, 0.2) is 4.99 Å². The molecule has 1 saturated carbocycles. The fourth-order valence-corrected chi connectivity index (χ4v) is 2.97. The van der Waals surface area contributed by atoms with Gasteiger partial charge in [-0.1, -0.05) is 32.5 Å². The van der Waals surface area contributed by atoms with Crippen LogP contribution in [0.25, 0.3) is 0 Å². The van der Waals surface area contributed by atoms with Gasteiger partial charge in [0.2, 0.25) is 0 Å². The van der Waals surface area contributed by atoms with Crippen LogP contribution in [-0.2, 0) is 0 Å². The smallest absolute Gasteiger partial charge is 0.156 e. The van der Waals surface area contributed by atoms with E-state index in [2.05, 4.69) is 26.1 Å². The predicted octanol–water partition coefficient (Wildman–Crippen LogP) is 2.75. The number of hydrogen-bond acceptors (Lipinski definition) is 2. The third-order valence-electron chi connectivity index (χ3n) is 3.53. The average Bonchev–Trinajstić information content (AvgIpc) is 2.92. The van der Waals surface area contributed by atoms with Crippen molar-refractivity contribution >= 4 is 16.9 Å². The molecule has 3 atom stereocenters. The number of thioether (sulfide) groups is 1. The summed E-state index contributed by atoms with van der Waals surface area (Å²) in [5.74, 6) is 3.74. The van der Waals surface area contributed by atoms with Crippen molar-refractivity contribution in [3.63, 3.8) is 0 Å². The first kappa shape index (κ1) is 11.3. The molecule has 1 N–H and O–H groups in total. The van der Waals surface area contributed by atoms with E-state index in [9.17, 15) is 0 Å². The van der Waals surface area contributed by atoms with Gasteiger partial charge in [0.15, 0.2) is 5.17 Å². The summed E-state index contributed by atoms with van der Waals surface area (Å²) in [5, 5.41) is 4.76. The quantitative estimate of drug-likeness (QED) is 0.800. The van der Waals surface area contributed by atoms with Gasteiger partial charge in [-0.15, -0.1) is 0 Å². The molecule has 2 nitrogen and oxygen atoms in total. The average molecular weight is 226 g/mol. The first-order valence-electron chi connectivity index (χ1n) is 6.10. The molecular weight excluding hydrogens is 204 g/mol. The van der Waals surface area contributed by atoms with Crippen LogP contribution >= 0.6 is 11.8 Å². The van der Waals surface area contributed by atoms with Crippen LogP contribution in [0.1, 0.15) is 33.6 Å². The highest BCUT2D eigenvalue weighted by atomic mass is 32.2. The maximum atomic E-state index is 4.70. The topological polar surface area (TPSA) is 24.4 Å². The van der Waals surface area contributed by atoms with E-state index in [1.54, 1.807) is 0 Å². The Morgan fingerprint density at radius 3 is 2.87 bits per heavy atom. The van der Waals surface area contributed by atoms with Crippen molar-refractivity contribution in [2.75, 3.05) is 12.3 Å². The number of amidine groups is 1. The molecule has 2 fully saturated rings. The van der Waals surface area contributed by atoms with Crippen molar-refractivity contribution in [1.29, 1.82) is 0 Å². The molecule has 1 heterocycles. The Morgan fingerprint density at radius 1 is 1.53 bits per heavy atom. The first-order valence-corrected chi connectivity index (χ1v) is 7.09. The Kier molecular flexibility index (Phi) is 3.60. The summed E-state index contributed by atoms with van der Waals surface area (Å²) in [5.41, 5.74) is 0. The van der Waals surface area contributed by atoms with E-state index >= 15 is 0 Å². The van der Waals surface area contributed by atoms with Gasteiger partial charge >= 0.3 is 0 Å². The van der Waals surface area contributed by atoms with E-state index in [1.807, 2.05) is 11.8 Å². The Labute approximate surface area is 97.3 Å². The van der Waals surface area contributed by atoms with Gasteiger partial charge in [-0.2, -0.15) is 0 Å². The maximum absolute atomic E-state index is 4.70. The highest BCUT2D eigenvalue weighted by molar-refractivity contribution is 8.13. The van der Waals surface area contributed by atoms with Crippen molar-refractivity contribution < 1.29 is 0 Å². The van der Waals surface area contributed by atoms with Crippen molar-refractivity contribution in [3.05, 3.63) is 0 Å². The molecule has 3 heteroatoms. The van der Waals surface area contributed by atoms with Crippen LogP contribution < -0.4 is 5.32 Å². The summed E-state index contributed by atoms with van der Waals surface area (Å²) in [6, 6.07) is 0.640. The van der Waals surface area contributed by atoms with Gasteiger partial charge in [0, 0.05) is 18.3 Å². The second-order valence-corrected chi connectivity index (χ2v) is 6.33. The van der Waals surface area contributed by atoms with Crippen molar-refractivity contribution in [3.8, 4) is 0 Å². The second kappa shape index (κ2) is 4.77. The van der Waals surface area contributed by atoms with Gasteiger partial charge in [-0.3, -0.25) is 4.99 Å². The van der Waals surface area contributed by atoms with E-state index < -0.39 is 0 Å². The van der Waals surface area contributed by atoms with Crippen LogP contribution in [0.2, 0.25) is 0 Å². The molecule has 0 amide bonds. The van der Waals surface area contributed by atoms with Crippen molar-refractivity contribution in [2.45, 2.75) is 39.7 Å². The summed E-state index contributed by atoms with van der Waals surface area (Å²) in [6.07, 6.45) is 2.66. The lowest BCUT2D eigenvalue weighted by atomic mass is 10.0. The molecule has 0 radical (unpaired) electrons. The summed E-state index contributed by atoms with van der Waals surface area (Å²) >= 11 is 1.89. The Hall–Kier alpha value is -0.180. The molecule has 2 rings (SSSR count). The lowest BCUT2D eigenvalue weighted by Gasteiger charge is -2.28. The number of nitrogens with one attached hydrogen (secondary N) is 1. The summed E-state index contributed by atoms with van der Waals surface area (Å²) < 4.78 is 0. The van der Waals surface area contributed by atoms with E-state index in [0.29, 0.717) is 6.04 Å². The van der Waals surface area contributed by atoms with Crippen molar-refractivity contribution in [1.82, 2.24) is 5.32 Å². The number of hydrogen-bond donors (Lipinski definition) is 1. The Balaban J connectivity index is 1.81. The van der Waals surface area contributed by atoms with Crippen LogP contribution in [0.3, 0.4) is 0 Å². The van der Waals surface area contributed by atoms with Gasteiger partial charge in [0.05, 0.1) is 0 Å². The number of nitrogens with zero attached hydrogens (tertiary/aromatic N) is 1. The standard InChI is InChI=1S/C12H22N2S/c1-8(2)11-4-5-15-12(14-11)13-7-10-6-9(10)3/h8-11H,4-7H2,1-3H3,(H,13,14). The molecule has 15 heavy (non-hydrogen) atoms. The molecule has 0 spiro atoms. The van der Waals surface area contributed by atoms with Crippen LogP contribution in [0.4, 0.5) is 0 Å². The van der Waals surface area contributed by atoms with Gasteiger partial charge in [0.25, 0.3) is 0 Å². The Morgan fingerprint density at radius 2 is 2.27 bits per heavy atom. The zero-order chi connectivity index (χ0) is 10.8. The second-order valence-electron chi connectivity index (χ2n) is 5.25. The van der Waals surface area contributed by atoms with Gasteiger partial charge in [-0.25, -0.2) is 0 Å². The van der Waals surface area contributed by atoms with Crippen LogP contribution in [0, 0.1) is 17.8 Å². The first-order chi connectivity index (χ1) is 7.16. The molecule has 2 aliphatic rings. The zero-order valence-electron chi connectivity index (χ0n) is 9.99. The van der Waals surface area contributed by atoms with Gasteiger partial charge in [-0.05, 0) is 30.6 Å². The molecule has 86 valence electrons. The summed E-state index contributed by atoms with van der Waals surface area (Å²) in [4.78, 5) is 4.70. The fourth-order valence-electron chi connectivity index (χ4n) is 2.00. The molecule has 0 aromatic rings. The largest absolute Gasteiger partial charge is 0.362 e. The lowest BCUT2D eigenvalue weighted by molar-refractivity contribution is 0.442. The van der Waals surface area contributed by atoms with E-state index in [0.717, 1.165) is 24.3 Å². The molecule has 1 aliphatic carbocycles. The molecule has 0 bridgehead atoms. The fraction of sp³-hybridized carbons (Fsp3) is 0.917. The van der Waals surface area contributed by atoms with Gasteiger partial charge < -0.3 is 5.32 Å². The SMILES string of the molecule is CC(C)C1CCSC(=NCC2CC2C)N1. The molecule has 1 aliphatic heterocycles. The Bertz CT molecular complexity index is 250. The minimum atomic E-state index is 0.640. The molecule has 0 aromatic carbocycles. The minimum Gasteiger partial charge on any atom is -0.362 e. The summed E-state index contributed by atoms with van der Waals surface area (Å²) in [7, 11) is 0.